The third-order valence-electron chi connectivity index (χ3n) is 5.28. The Kier molecular flexibility index (Phi) is 6.04. The molecule has 0 saturated heterocycles. The van der Waals surface area contributed by atoms with E-state index >= 15 is 0 Å². The summed E-state index contributed by atoms with van der Waals surface area (Å²) in [5, 5.41) is 16.3. The Hall–Kier alpha value is -2.21. The van der Waals surface area contributed by atoms with Crippen molar-refractivity contribution in [3.05, 3.63) is 47.3 Å². The second kappa shape index (κ2) is 8.45. The number of allylic oxidation sites excluding steroid dienone is 2. The molecule has 2 aromatic rings. The fourth-order valence-electron chi connectivity index (χ4n) is 3.71. The van der Waals surface area contributed by atoms with E-state index in [0.717, 1.165) is 24.4 Å². The normalized spacial score (nSPS) is 20.9. The molecule has 140 valence electrons. The summed E-state index contributed by atoms with van der Waals surface area (Å²) in [5.41, 5.74) is 3.65. The maximum Gasteiger partial charge on any atom is 0.173 e. The summed E-state index contributed by atoms with van der Waals surface area (Å²) in [6.45, 7) is 7.82. The fourth-order valence-corrected chi connectivity index (χ4v) is 3.71. The predicted molar refractivity (Wildman–Crippen MR) is 103 cm³/mol. The first-order valence-electron chi connectivity index (χ1n) is 9.34. The van der Waals surface area contributed by atoms with E-state index in [2.05, 4.69) is 72.0 Å². The van der Waals surface area contributed by atoms with Crippen molar-refractivity contribution in [2.24, 2.45) is 11.8 Å². The van der Waals surface area contributed by atoms with Crippen LogP contribution >= 0.6 is 0 Å². The van der Waals surface area contributed by atoms with Crippen LogP contribution in [-0.2, 0) is 11.3 Å². The van der Waals surface area contributed by atoms with Crippen LogP contribution in [0.2, 0.25) is 0 Å². The van der Waals surface area contributed by atoms with E-state index in [1.807, 2.05) is 4.68 Å². The molecule has 1 aromatic carbocycles. The number of ether oxygens (including phenoxy) is 1. The molecule has 1 aliphatic rings. The van der Waals surface area contributed by atoms with Gasteiger partial charge in [-0.2, -0.15) is 0 Å². The Morgan fingerprint density at radius 2 is 2.08 bits per heavy atom. The van der Waals surface area contributed by atoms with Crippen molar-refractivity contribution in [1.29, 1.82) is 0 Å². The molecule has 0 amide bonds. The molecule has 3 atom stereocenters. The van der Waals surface area contributed by atoms with Gasteiger partial charge in [0.2, 0.25) is 0 Å². The van der Waals surface area contributed by atoms with Crippen molar-refractivity contribution < 1.29 is 4.74 Å². The van der Waals surface area contributed by atoms with Gasteiger partial charge in [-0.1, -0.05) is 36.8 Å². The summed E-state index contributed by atoms with van der Waals surface area (Å²) in [4.78, 5) is 0. The van der Waals surface area contributed by atoms with Gasteiger partial charge in [0.15, 0.2) is 5.82 Å². The molecule has 0 bridgehead atoms. The molecule has 1 heterocycles. The Balaban J connectivity index is 1.94. The van der Waals surface area contributed by atoms with E-state index in [9.17, 15) is 0 Å². The van der Waals surface area contributed by atoms with Gasteiger partial charge in [-0.15, -0.1) is 5.10 Å². The van der Waals surface area contributed by atoms with Gasteiger partial charge in [-0.05, 0) is 60.6 Å². The minimum Gasteiger partial charge on any atom is -0.383 e. The smallest absolute Gasteiger partial charge is 0.173 e. The van der Waals surface area contributed by atoms with Gasteiger partial charge in [0, 0.05) is 12.8 Å². The minimum atomic E-state index is 0.0585. The lowest BCUT2D eigenvalue weighted by Gasteiger charge is -2.33. The number of nitrogens with zero attached hydrogens (tertiary/aromatic N) is 4. The summed E-state index contributed by atoms with van der Waals surface area (Å²) < 4.78 is 7.09. The standard InChI is InChI=1S/C20H29N5O/c1-14-9-10-18(16(3)13-14)21-19(17-8-6-5-7-15(17)2)20-22-23-24-25(20)11-12-26-4/h5-6,9-10,13,15,17,19,21H,7-8,11-12H2,1-4H3. The second-order valence-corrected chi connectivity index (χ2v) is 7.28. The second-order valence-electron chi connectivity index (χ2n) is 7.28. The monoisotopic (exact) mass is 355 g/mol. The first kappa shape index (κ1) is 18.6. The molecule has 26 heavy (non-hydrogen) atoms. The molecule has 0 saturated carbocycles. The van der Waals surface area contributed by atoms with Crippen molar-refractivity contribution in [3.63, 3.8) is 0 Å². The molecule has 3 rings (SSSR count). The van der Waals surface area contributed by atoms with Gasteiger partial charge in [-0.25, -0.2) is 4.68 Å². The first-order chi connectivity index (χ1) is 12.6. The number of anilines is 1. The van der Waals surface area contributed by atoms with Crippen LogP contribution in [0.4, 0.5) is 5.69 Å². The quantitative estimate of drug-likeness (QED) is 0.767. The Morgan fingerprint density at radius 3 is 2.81 bits per heavy atom. The third-order valence-corrected chi connectivity index (χ3v) is 5.28. The largest absolute Gasteiger partial charge is 0.383 e. The Bertz CT molecular complexity index is 754. The van der Waals surface area contributed by atoms with E-state index < -0.39 is 0 Å². The predicted octanol–water partition coefficient (Wildman–Crippen LogP) is 3.69. The van der Waals surface area contributed by atoms with Crippen molar-refractivity contribution in [2.45, 2.75) is 46.2 Å². The van der Waals surface area contributed by atoms with Crippen LogP contribution in [0.3, 0.4) is 0 Å². The molecular weight excluding hydrogens is 326 g/mol. The number of tetrazole rings is 1. The lowest BCUT2D eigenvalue weighted by molar-refractivity contribution is 0.179. The van der Waals surface area contributed by atoms with Gasteiger partial charge < -0.3 is 10.1 Å². The SMILES string of the molecule is COCCn1nnnc1C(Nc1ccc(C)cc1C)C1CC=CCC1C. The topological polar surface area (TPSA) is 64.9 Å². The lowest BCUT2D eigenvalue weighted by atomic mass is 9.79. The zero-order chi connectivity index (χ0) is 18.5. The molecular formula is C20H29N5O. The number of aromatic nitrogens is 4. The van der Waals surface area contributed by atoms with Gasteiger partial charge in [0.25, 0.3) is 0 Å². The summed E-state index contributed by atoms with van der Waals surface area (Å²) in [5.74, 6) is 1.89. The van der Waals surface area contributed by atoms with Gasteiger partial charge in [0.05, 0.1) is 19.2 Å². The molecule has 1 aromatic heterocycles. The van der Waals surface area contributed by atoms with Crippen molar-refractivity contribution in [2.75, 3.05) is 19.0 Å². The number of hydrogen-bond acceptors (Lipinski definition) is 5. The molecule has 0 spiro atoms. The molecule has 6 nitrogen and oxygen atoms in total. The Labute approximate surface area is 155 Å². The van der Waals surface area contributed by atoms with Crippen molar-refractivity contribution in [3.8, 4) is 0 Å². The van der Waals surface area contributed by atoms with Crippen LogP contribution < -0.4 is 5.32 Å². The molecule has 3 unspecified atom stereocenters. The van der Waals surface area contributed by atoms with Crippen LogP contribution in [0.5, 0.6) is 0 Å². The molecule has 1 N–H and O–H groups in total. The van der Waals surface area contributed by atoms with Gasteiger partial charge in [-0.3, -0.25) is 0 Å². The average Bonchev–Trinajstić information content (AvgIpc) is 3.08. The summed E-state index contributed by atoms with van der Waals surface area (Å²) >= 11 is 0. The van der Waals surface area contributed by atoms with Crippen LogP contribution in [0.25, 0.3) is 0 Å². The highest BCUT2D eigenvalue weighted by Gasteiger charge is 2.32. The zero-order valence-electron chi connectivity index (χ0n) is 16.1. The van der Waals surface area contributed by atoms with E-state index in [1.54, 1.807) is 7.11 Å². The van der Waals surface area contributed by atoms with Gasteiger partial charge in [0.1, 0.15) is 0 Å². The highest BCUT2D eigenvalue weighted by Crippen LogP contribution is 2.37. The molecule has 0 radical (unpaired) electrons. The number of benzene rings is 1. The first-order valence-corrected chi connectivity index (χ1v) is 9.34. The molecule has 0 fully saturated rings. The number of aryl methyl sites for hydroxylation is 2. The maximum atomic E-state index is 5.22. The van der Waals surface area contributed by atoms with Crippen molar-refractivity contribution >= 4 is 5.69 Å². The third kappa shape index (κ3) is 4.12. The van der Waals surface area contributed by atoms with E-state index in [0.29, 0.717) is 25.0 Å². The molecule has 0 aliphatic heterocycles. The van der Waals surface area contributed by atoms with E-state index in [-0.39, 0.29) is 6.04 Å². The number of hydrogen-bond donors (Lipinski definition) is 1. The van der Waals surface area contributed by atoms with Crippen LogP contribution in [0.1, 0.15) is 42.8 Å². The highest BCUT2D eigenvalue weighted by molar-refractivity contribution is 5.53. The van der Waals surface area contributed by atoms with Gasteiger partial charge >= 0.3 is 0 Å². The number of nitrogens with one attached hydrogen (secondary N) is 1. The molecule has 1 aliphatic carbocycles. The summed E-state index contributed by atoms with van der Waals surface area (Å²) in [7, 11) is 1.70. The zero-order valence-corrected chi connectivity index (χ0v) is 16.1. The van der Waals surface area contributed by atoms with E-state index in [1.165, 1.54) is 11.1 Å². The average molecular weight is 355 g/mol. The Morgan fingerprint density at radius 1 is 1.27 bits per heavy atom. The number of rotatable bonds is 7. The fraction of sp³-hybridized carbons (Fsp3) is 0.550. The van der Waals surface area contributed by atoms with Crippen molar-refractivity contribution in [1.82, 2.24) is 20.2 Å². The lowest BCUT2D eigenvalue weighted by Crippen LogP contribution is -2.30. The molecule has 6 heteroatoms. The summed E-state index contributed by atoms with van der Waals surface area (Å²) in [6.07, 6.45) is 6.68. The number of methoxy groups -OCH3 is 1. The van der Waals surface area contributed by atoms with Crippen LogP contribution in [0, 0.1) is 25.7 Å². The minimum absolute atomic E-state index is 0.0585. The maximum absolute atomic E-state index is 5.22. The summed E-state index contributed by atoms with van der Waals surface area (Å²) in [6, 6.07) is 6.56. The van der Waals surface area contributed by atoms with Crippen LogP contribution in [0.15, 0.2) is 30.4 Å². The van der Waals surface area contributed by atoms with Crippen LogP contribution in [-0.4, -0.2) is 33.9 Å². The highest BCUT2D eigenvalue weighted by atomic mass is 16.5. The van der Waals surface area contributed by atoms with E-state index in [4.69, 9.17) is 4.74 Å².